The van der Waals surface area contributed by atoms with E-state index in [0.717, 1.165) is 13.1 Å². The molecule has 0 radical (unpaired) electrons. The standard InChI is InChI=1S/C10H19NO2.C3H8O/c1-6-11(7-2)9(5)13-10(12)8(3)4;1-3(2)4/h9H,3,6-7H2,1-2,4-5H3;3-4H,1-2H3. The Kier molecular flexibility index (Phi) is 11.2. The van der Waals surface area contributed by atoms with Crippen LogP contribution in [0.1, 0.15) is 41.5 Å². The molecule has 4 nitrogen and oxygen atoms in total. The Labute approximate surface area is 105 Å². The average Bonchev–Trinajstić information content (AvgIpc) is 2.18. The third-order valence-corrected chi connectivity index (χ3v) is 1.95. The molecule has 102 valence electrons. The van der Waals surface area contributed by atoms with Crippen LogP contribution < -0.4 is 0 Å². The van der Waals surface area contributed by atoms with Gasteiger partial charge in [-0.1, -0.05) is 20.4 Å². The maximum absolute atomic E-state index is 11.1. The van der Waals surface area contributed by atoms with Gasteiger partial charge in [-0.2, -0.15) is 0 Å². The number of carbonyl (C=O) groups excluding carboxylic acids is 1. The molecule has 0 heterocycles. The summed E-state index contributed by atoms with van der Waals surface area (Å²) in [4.78, 5) is 13.2. The van der Waals surface area contributed by atoms with Gasteiger partial charge in [0, 0.05) is 11.7 Å². The predicted octanol–water partition coefficient (Wildman–Crippen LogP) is 2.18. The fraction of sp³-hybridized carbons (Fsp3) is 0.769. The first kappa shape index (κ1) is 18.5. The van der Waals surface area contributed by atoms with Gasteiger partial charge in [0.25, 0.3) is 0 Å². The maximum Gasteiger partial charge on any atom is 0.334 e. The van der Waals surface area contributed by atoms with Crippen LogP contribution in [0.25, 0.3) is 0 Å². The quantitative estimate of drug-likeness (QED) is 0.458. The lowest BCUT2D eigenvalue weighted by Crippen LogP contribution is -2.36. The van der Waals surface area contributed by atoms with E-state index in [9.17, 15) is 4.79 Å². The molecule has 0 saturated heterocycles. The van der Waals surface area contributed by atoms with Crippen LogP contribution in [-0.2, 0) is 9.53 Å². The summed E-state index contributed by atoms with van der Waals surface area (Å²) >= 11 is 0. The van der Waals surface area contributed by atoms with Crippen molar-refractivity contribution in [3.63, 3.8) is 0 Å². The smallest absolute Gasteiger partial charge is 0.334 e. The topological polar surface area (TPSA) is 49.8 Å². The molecule has 0 aromatic heterocycles. The van der Waals surface area contributed by atoms with Crippen molar-refractivity contribution in [3.05, 3.63) is 12.2 Å². The lowest BCUT2D eigenvalue weighted by Gasteiger charge is -2.25. The zero-order valence-electron chi connectivity index (χ0n) is 12.0. The van der Waals surface area contributed by atoms with E-state index >= 15 is 0 Å². The Morgan fingerprint density at radius 3 is 1.88 bits per heavy atom. The van der Waals surface area contributed by atoms with E-state index in [-0.39, 0.29) is 18.3 Å². The molecule has 1 N–H and O–H groups in total. The highest BCUT2D eigenvalue weighted by Crippen LogP contribution is 2.03. The van der Waals surface area contributed by atoms with E-state index < -0.39 is 0 Å². The number of hydrogen-bond acceptors (Lipinski definition) is 4. The number of aliphatic hydroxyl groups excluding tert-OH is 1. The highest BCUT2D eigenvalue weighted by molar-refractivity contribution is 5.87. The summed E-state index contributed by atoms with van der Waals surface area (Å²) in [5, 5.41) is 8.06. The first-order valence-electron chi connectivity index (χ1n) is 6.04. The van der Waals surface area contributed by atoms with Crippen molar-refractivity contribution in [1.29, 1.82) is 0 Å². The third-order valence-electron chi connectivity index (χ3n) is 1.95. The lowest BCUT2D eigenvalue weighted by atomic mass is 10.3. The van der Waals surface area contributed by atoms with E-state index in [2.05, 4.69) is 11.5 Å². The second kappa shape index (κ2) is 10.3. The predicted molar refractivity (Wildman–Crippen MR) is 70.6 cm³/mol. The molecule has 0 aromatic carbocycles. The Balaban J connectivity index is 0. The van der Waals surface area contributed by atoms with Gasteiger partial charge in [0.1, 0.15) is 0 Å². The first-order chi connectivity index (χ1) is 7.76. The van der Waals surface area contributed by atoms with Gasteiger partial charge in [0.2, 0.25) is 0 Å². The van der Waals surface area contributed by atoms with E-state index in [0.29, 0.717) is 5.57 Å². The summed E-state index contributed by atoms with van der Waals surface area (Å²) < 4.78 is 5.14. The number of ether oxygens (including phenoxy) is 1. The number of nitrogens with zero attached hydrogens (tertiary/aromatic N) is 1. The molecule has 1 unspecified atom stereocenters. The summed E-state index contributed by atoms with van der Waals surface area (Å²) in [7, 11) is 0. The van der Waals surface area contributed by atoms with E-state index in [1.165, 1.54) is 0 Å². The summed E-state index contributed by atoms with van der Waals surface area (Å²) in [6, 6.07) is 0. The van der Waals surface area contributed by atoms with Gasteiger partial charge in [0.15, 0.2) is 6.23 Å². The number of aliphatic hydroxyl groups is 1. The van der Waals surface area contributed by atoms with E-state index in [1.54, 1.807) is 20.8 Å². The van der Waals surface area contributed by atoms with Crippen LogP contribution in [0.15, 0.2) is 12.2 Å². The Morgan fingerprint density at radius 2 is 1.65 bits per heavy atom. The van der Waals surface area contributed by atoms with E-state index in [1.807, 2.05) is 20.8 Å². The minimum Gasteiger partial charge on any atom is -0.443 e. The van der Waals surface area contributed by atoms with Crippen LogP contribution in [0, 0.1) is 0 Å². The highest BCUT2D eigenvalue weighted by Gasteiger charge is 2.14. The SMILES string of the molecule is C=C(C)C(=O)OC(C)N(CC)CC.CC(C)O. The molecular formula is C13H27NO3. The molecule has 1 atom stereocenters. The summed E-state index contributed by atoms with van der Waals surface area (Å²) in [6.07, 6.45) is -0.334. The van der Waals surface area contributed by atoms with Crippen molar-refractivity contribution >= 4 is 5.97 Å². The average molecular weight is 245 g/mol. The molecule has 4 heteroatoms. The van der Waals surface area contributed by atoms with Gasteiger partial charge in [-0.15, -0.1) is 0 Å². The molecule has 0 aromatic rings. The van der Waals surface area contributed by atoms with Gasteiger partial charge in [-0.25, -0.2) is 4.79 Å². The maximum atomic E-state index is 11.1. The van der Waals surface area contributed by atoms with Crippen LogP contribution in [-0.4, -0.2) is 41.4 Å². The molecule has 0 aliphatic heterocycles. The monoisotopic (exact) mass is 245 g/mol. The second-order valence-electron chi connectivity index (χ2n) is 4.10. The van der Waals surface area contributed by atoms with E-state index in [4.69, 9.17) is 9.84 Å². The van der Waals surface area contributed by atoms with Crippen molar-refractivity contribution in [2.45, 2.75) is 53.9 Å². The van der Waals surface area contributed by atoms with Gasteiger partial charge in [0.05, 0.1) is 0 Å². The fourth-order valence-corrected chi connectivity index (χ4v) is 1.07. The molecule has 17 heavy (non-hydrogen) atoms. The van der Waals surface area contributed by atoms with Crippen molar-refractivity contribution in [2.24, 2.45) is 0 Å². The summed E-state index contributed by atoms with van der Waals surface area (Å²) in [5.74, 6) is -0.320. The van der Waals surface area contributed by atoms with Crippen LogP contribution >= 0.6 is 0 Å². The Morgan fingerprint density at radius 1 is 1.29 bits per heavy atom. The number of hydrogen-bond donors (Lipinski definition) is 1. The molecule has 0 rings (SSSR count). The zero-order chi connectivity index (χ0) is 14.0. The molecule has 0 saturated carbocycles. The molecule has 0 fully saturated rings. The van der Waals surface area contributed by atoms with Crippen LogP contribution in [0.2, 0.25) is 0 Å². The second-order valence-corrected chi connectivity index (χ2v) is 4.10. The molecule has 0 amide bonds. The molecule has 0 aliphatic carbocycles. The fourth-order valence-electron chi connectivity index (χ4n) is 1.07. The van der Waals surface area contributed by atoms with Crippen LogP contribution in [0.3, 0.4) is 0 Å². The normalized spacial score (nSPS) is 11.8. The summed E-state index contributed by atoms with van der Waals surface area (Å²) in [5.41, 5.74) is 0.444. The van der Waals surface area contributed by atoms with Crippen molar-refractivity contribution in [1.82, 2.24) is 4.90 Å². The Hall–Kier alpha value is -0.870. The van der Waals surface area contributed by atoms with Crippen molar-refractivity contribution < 1.29 is 14.6 Å². The van der Waals surface area contributed by atoms with Crippen LogP contribution in [0.4, 0.5) is 0 Å². The van der Waals surface area contributed by atoms with Gasteiger partial charge in [-0.05, 0) is 40.8 Å². The number of esters is 1. The largest absolute Gasteiger partial charge is 0.443 e. The minimum atomic E-state index is -0.320. The highest BCUT2D eigenvalue weighted by atomic mass is 16.6. The van der Waals surface area contributed by atoms with Crippen LogP contribution in [0.5, 0.6) is 0 Å². The minimum absolute atomic E-state index is 0.167. The first-order valence-corrected chi connectivity index (χ1v) is 6.04. The van der Waals surface area contributed by atoms with Crippen molar-refractivity contribution in [3.8, 4) is 0 Å². The molecular weight excluding hydrogens is 218 g/mol. The molecule has 0 aliphatic rings. The lowest BCUT2D eigenvalue weighted by molar-refractivity contribution is -0.152. The number of carbonyl (C=O) groups is 1. The van der Waals surface area contributed by atoms with Crippen molar-refractivity contribution in [2.75, 3.05) is 13.1 Å². The van der Waals surface area contributed by atoms with Gasteiger partial charge < -0.3 is 9.84 Å². The Bertz CT molecular complexity index is 220. The molecule has 0 bridgehead atoms. The van der Waals surface area contributed by atoms with Gasteiger partial charge in [-0.3, -0.25) is 4.90 Å². The third kappa shape index (κ3) is 11.4. The van der Waals surface area contributed by atoms with Gasteiger partial charge >= 0.3 is 5.97 Å². The zero-order valence-corrected chi connectivity index (χ0v) is 12.0. The summed E-state index contributed by atoms with van der Waals surface area (Å²) in [6.45, 7) is 16.3. The number of rotatable bonds is 5. The molecule has 0 spiro atoms.